The zero-order valence-corrected chi connectivity index (χ0v) is 9.24. The van der Waals surface area contributed by atoms with Gasteiger partial charge in [-0.15, -0.1) is 0 Å². The van der Waals surface area contributed by atoms with Crippen molar-refractivity contribution in [1.29, 1.82) is 0 Å². The van der Waals surface area contributed by atoms with Gasteiger partial charge in [-0.25, -0.2) is 4.39 Å². The van der Waals surface area contributed by atoms with Crippen LogP contribution in [0.2, 0.25) is 0 Å². The molecule has 0 spiro atoms. The molecule has 2 heterocycles. The molecule has 0 unspecified atom stereocenters. The molecule has 0 radical (unpaired) electrons. The Balaban J connectivity index is 2.10. The van der Waals surface area contributed by atoms with E-state index < -0.39 is 5.60 Å². The minimum absolute atomic E-state index is 0.363. The summed E-state index contributed by atoms with van der Waals surface area (Å²) in [6, 6.07) is 4.25. The van der Waals surface area contributed by atoms with E-state index in [1.807, 2.05) is 0 Å². The Labute approximate surface area is 97.4 Å². The zero-order chi connectivity index (χ0) is 11.9. The van der Waals surface area contributed by atoms with Crippen LogP contribution in [0.25, 0.3) is 11.0 Å². The highest BCUT2D eigenvalue weighted by Crippen LogP contribution is 2.34. The van der Waals surface area contributed by atoms with Crippen molar-refractivity contribution in [3.05, 3.63) is 29.7 Å². The van der Waals surface area contributed by atoms with Crippen LogP contribution in [0, 0.1) is 5.82 Å². The van der Waals surface area contributed by atoms with Gasteiger partial charge in [0.25, 0.3) is 0 Å². The fraction of sp³-hybridized carbons (Fsp3) is 0.417. The monoisotopic (exact) mass is 236 g/mol. The normalized spacial score (nSPS) is 19.6. The smallest absolute Gasteiger partial charge is 0.170 e. The molecule has 90 valence electrons. The fourth-order valence-corrected chi connectivity index (χ4v) is 2.32. The Morgan fingerprint density at radius 3 is 2.88 bits per heavy atom. The summed E-state index contributed by atoms with van der Waals surface area (Å²) >= 11 is 0. The van der Waals surface area contributed by atoms with Crippen LogP contribution in [-0.4, -0.2) is 23.4 Å². The predicted molar refractivity (Wildman–Crippen MR) is 60.0 cm³/mol. The van der Waals surface area contributed by atoms with Gasteiger partial charge in [-0.3, -0.25) is 0 Å². The van der Waals surface area contributed by atoms with Crippen LogP contribution in [0.5, 0.6) is 0 Å². The van der Waals surface area contributed by atoms with Crippen molar-refractivity contribution >= 4 is 11.0 Å². The number of aromatic nitrogens is 1. The van der Waals surface area contributed by atoms with Crippen LogP contribution in [-0.2, 0) is 5.60 Å². The molecule has 17 heavy (non-hydrogen) atoms. The van der Waals surface area contributed by atoms with Crippen molar-refractivity contribution in [2.24, 2.45) is 0 Å². The molecule has 1 aliphatic rings. The molecular formula is C12H13FN2O2. The number of hydrogen-bond donors (Lipinski definition) is 2. The maximum atomic E-state index is 13.0. The number of piperidine rings is 1. The van der Waals surface area contributed by atoms with Gasteiger partial charge in [-0.05, 0) is 38.1 Å². The van der Waals surface area contributed by atoms with Gasteiger partial charge in [0.15, 0.2) is 5.58 Å². The molecule has 1 aromatic heterocycles. The van der Waals surface area contributed by atoms with Gasteiger partial charge < -0.3 is 14.9 Å². The summed E-state index contributed by atoms with van der Waals surface area (Å²) in [5.74, 6) is -0.363. The quantitative estimate of drug-likeness (QED) is 0.788. The Hall–Kier alpha value is -1.46. The third-order valence-electron chi connectivity index (χ3n) is 3.31. The van der Waals surface area contributed by atoms with Gasteiger partial charge in [-0.2, -0.15) is 0 Å². The molecule has 4 nitrogen and oxygen atoms in total. The van der Waals surface area contributed by atoms with Gasteiger partial charge in [0.05, 0.1) is 0 Å². The Morgan fingerprint density at radius 1 is 1.35 bits per heavy atom. The van der Waals surface area contributed by atoms with Crippen molar-refractivity contribution in [1.82, 2.24) is 10.5 Å². The van der Waals surface area contributed by atoms with Crippen LogP contribution in [0.4, 0.5) is 4.39 Å². The van der Waals surface area contributed by atoms with E-state index in [0.717, 1.165) is 13.1 Å². The average Bonchev–Trinajstić information content (AvgIpc) is 2.73. The van der Waals surface area contributed by atoms with E-state index >= 15 is 0 Å². The van der Waals surface area contributed by atoms with E-state index in [0.29, 0.717) is 29.5 Å². The lowest BCUT2D eigenvalue weighted by Crippen LogP contribution is -2.40. The van der Waals surface area contributed by atoms with Crippen LogP contribution in [0.15, 0.2) is 22.7 Å². The van der Waals surface area contributed by atoms with Crippen molar-refractivity contribution in [3.63, 3.8) is 0 Å². The van der Waals surface area contributed by atoms with Gasteiger partial charge in [0, 0.05) is 11.5 Å². The van der Waals surface area contributed by atoms with E-state index in [-0.39, 0.29) is 5.82 Å². The molecule has 1 aliphatic heterocycles. The molecule has 1 fully saturated rings. The van der Waals surface area contributed by atoms with Crippen LogP contribution >= 0.6 is 0 Å². The summed E-state index contributed by atoms with van der Waals surface area (Å²) in [6.07, 6.45) is 1.18. The first-order valence-electron chi connectivity index (χ1n) is 5.68. The molecule has 0 bridgehead atoms. The number of aliphatic hydroxyl groups is 1. The highest BCUT2D eigenvalue weighted by Gasteiger charge is 2.35. The molecule has 2 N–H and O–H groups in total. The van der Waals surface area contributed by atoms with Crippen LogP contribution in [0.1, 0.15) is 18.5 Å². The SMILES string of the molecule is OC1(c2noc3cc(F)ccc23)CCNCC1. The molecule has 1 saturated heterocycles. The number of hydrogen-bond acceptors (Lipinski definition) is 4. The van der Waals surface area contributed by atoms with E-state index in [1.54, 1.807) is 6.07 Å². The maximum Gasteiger partial charge on any atom is 0.170 e. The molecule has 0 saturated carbocycles. The Morgan fingerprint density at radius 2 is 2.12 bits per heavy atom. The maximum absolute atomic E-state index is 13.0. The standard InChI is InChI=1S/C12H13FN2O2/c13-8-1-2-9-10(7-8)17-15-11(9)12(16)3-5-14-6-4-12/h1-2,7,14,16H,3-6H2. The first-order chi connectivity index (χ1) is 8.19. The Bertz CT molecular complexity index is 546. The zero-order valence-electron chi connectivity index (χ0n) is 9.24. The number of nitrogens with zero attached hydrogens (tertiary/aromatic N) is 1. The molecule has 1 aromatic carbocycles. The lowest BCUT2D eigenvalue weighted by atomic mass is 9.87. The van der Waals surface area contributed by atoms with E-state index in [2.05, 4.69) is 10.5 Å². The van der Waals surface area contributed by atoms with E-state index in [4.69, 9.17) is 4.52 Å². The third-order valence-corrected chi connectivity index (χ3v) is 3.31. The van der Waals surface area contributed by atoms with E-state index in [9.17, 15) is 9.50 Å². The molecule has 0 amide bonds. The van der Waals surface area contributed by atoms with Gasteiger partial charge >= 0.3 is 0 Å². The minimum Gasteiger partial charge on any atom is -0.383 e. The molecular weight excluding hydrogens is 223 g/mol. The van der Waals surface area contributed by atoms with Crippen LogP contribution < -0.4 is 5.32 Å². The van der Waals surface area contributed by atoms with Gasteiger partial charge in [0.1, 0.15) is 17.1 Å². The summed E-state index contributed by atoms with van der Waals surface area (Å²) in [6.45, 7) is 1.48. The first kappa shape index (κ1) is 10.7. The predicted octanol–water partition coefficient (Wildman–Crippen LogP) is 1.54. The second-order valence-corrected chi connectivity index (χ2v) is 4.45. The van der Waals surface area contributed by atoms with Crippen molar-refractivity contribution in [2.45, 2.75) is 18.4 Å². The van der Waals surface area contributed by atoms with Crippen molar-refractivity contribution < 1.29 is 14.0 Å². The fourth-order valence-electron chi connectivity index (χ4n) is 2.32. The first-order valence-corrected chi connectivity index (χ1v) is 5.68. The number of nitrogens with one attached hydrogen (secondary N) is 1. The van der Waals surface area contributed by atoms with E-state index in [1.165, 1.54) is 12.1 Å². The second kappa shape index (κ2) is 3.78. The minimum atomic E-state index is -0.964. The average molecular weight is 236 g/mol. The highest BCUT2D eigenvalue weighted by molar-refractivity contribution is 5.80. The molecule has 0 aliphatic carbocycles. The number of rotatable bonds is 1. The van der Waals surface area contributed by atoms with Crippen LogP contribution in [0.3, 0.4) is 0 Å². The summed E-state index contributed by atoms with van der Waals surface area (Å²) in [7, 11) is 0. The molecule has 2 aromatic rings. The summed E-state index contributed by atoms with van der Waals surface area (Å²) in [4.78, 5) is 0. The third kappa shape index (κ3) is 1.71. The summed E-state index contributed by atoms with van der Waals surface area (Å²) in [5.41, 5.74) is -0.0603. The lowest BCUT2D eigenvalue weighted by Gasteiger charge is -2.30. The number of fused-ring (bicyclic) bond motifs is 1. The summed E-state index contributed by atoms with van der Waals surface area (Å²) < 4.78 is 18.1. The number of benzene rings is 1. The van der Waals surface area contributed by atoms with Crippen molar-refractivity contribution in [3.8, 4) is 0 Å². The van der Waals surface area contributed by atoms with Gasteiger partial charge in [0.2, 0.25) is 0 Å². The number of halogens is 1. The highest BCUT2D eigenvalue weighted by atomic mass is 19.1. The molecule has 0 atom stereocenters. The van der Waals surface area contributed by atoms with Gasteiger partial charge in [-0.1, -0.05) is 5.16 Å². The van der Waals surface area contributed by atoms with Crippen molar-refractivity contribution in [2.75, 3.05) is 13.1 Å². The lowest BCUT2D eigenvalue weighted by molar-refractivity contribution is 0.000586. The summed E-state index contributed by atoms with van der Waals surface area (Å²) in [5, 5.41) is 18.3. The Kier molecular flexibility index (Phi) is 2.38. The topological polar surface area (TPSA) is 58.3 Å². The largest absolute Gasteiger partial charge is 0.383 e. The molecule has 5 heteroatoms. The molecule has 3 rings (SSSR count). The second-order valence-electron chi connectivity index (χ2n) is 4.45.